The van der Waals surface area contributed by atoms with Crippen molar-refractivity contribution < 1.29 is 18.3 Å². The predicted octanol–water partition coefficient (Wildman–Crippen LogP) is 3.70. The number of carbonyl (C=O) groups is 1. The number of aromatic nitrogens is 2. The van der Waals surface area contributed by atoms with Crippen LogP contribution in [0.25, 0.3) is 0 Å². The van der Waals surface area contributed by atoms with Crippen molar-refractivity contribution in [2.75, 3.05) is 18.8 Å². The fourth-order valence-electron chi connectivity index (χ4n) is 2.68. The Kier molecular flexibility index (Phi) is 6.13. The van der Waals surface area contributed by atoms with E-state index in [9.17, 15) is 9.18 Å². The molecule has 140 valence electrons. The average molecular weight is 379 g/mol. The number of amides is 1. The second kappa shape index (κ2) is 8.53. The summed E-state index contributed by atoms with van der Waals surface area (Å²) in [6.45, 7) is 5.62. The summed E-state index contributed by atoms with van der Waals surface area (Å²) in [5.41, 5.74) is 0. The van der Waals surface area contributed by atoms with E-state index < -0.39 is 6.10 Å². The molecule has 3 rings (SSSR count). The number of thioether (sulfide) groups is 1. The van der Waals surface area contributed by atoms with Crippen molar-refractivity contribution in [2.24, 2.45) is 5.92 Å². The average Bonchev–Trinajstić information content (AvgIpc) is 3.11. The van der Waals surface area contributed by atoms with Crippen LogP contribution in [0.5, 0.6) is 5.75 Å². The van der Waals surface area contributed by atoms with Gasteiger partial charge in [0.05, 0.1) is 5.75 Å². The van der Waals surface area contributed by atoms with E-state index in [1.807, 2.05) is 4.90 Å². The Morgan fingerprint density at radius 2 is 2.04 bits per heavy atom. The Hall–Kier alpha value is -2.09. The molecule has 0 bridgehead atoms. The lowest BCUT2D eigenvalue weighted by molar-refractivity contribution is -0.129. The summed E-state index contributed by atoms with van der Waals surface area (Å²) in [5, 5.41) is 8.27. The monoisotopic (exact) mass is 379 g/mol. The number of rotatable bonds is 6. The van der Waals surface area contributed by atoms with Gasteiger partial charge in [-0.1, -0.05) is 18.7 Å². The molecule has 1 aliphatic rings. The van der Waals surface area contributed by atoms with Gasteiger partial charge >= 0.3 is 0 Å². The molecule has 8 heteroatoms. The summed E-state index contributed by atoms with van der Waals surface area (Å²) in [6.07, 6.45) is 1.64. The van der Waals surface area contributed by atoms with Gasteiger partial charge in [-0.05, 0) is 49.9 Å². The second-order valence-electron chi connectivity index (χ2n) is 6.47. The van der Waals surface area contributed by atoms with Gasteiger partial charge < -0.3 is 14.1 Å². The van der Waals surface area contributed by atoms with Crippen LogP contribution >= 0.6 is 11.8 Å². The van der Waals surface area contributed by atoms with Crippen molar-refractivity contribution >= 4 is 17.7 Å². The van der Waals surface area contributed by atoms with Crippen molar-refractivity contribution in [3.05, 3.63) is 36.0 Å². The van der Waals surface area contributed by atoms with Gasteiger partial charge in [-0.15, -0.1) is 10.2 Å². The number of ether oxygens (including phenoxy) is 1. The van der Waals surface area contributed by atoms with Gasteiger partial charge in [-0.2, -0.15) is 0 Å². The van der Waals surface area contributed by atoms with Crippen LogP contribution < -0.4 is 4.74 Å². The van der Waals surface area contributed by atoms with E-state index in [-0.39, 0.29) is 17.5 Å². The molecular formula is C18H22FN3O3S. The SMILES string of the molecule is CC1CCN(C(=O)CSc2nnc([C@H](C)Oc3ccc(F)cc3)o2)CC1. The fraction of sp³-hybridized carbons (Fsp3) is 0.500. The zero-order valence-corrected chi connectivity index (χ0v) is 15.7. The van der Waals surface area contributed by atoms with E-state index in [0.29, 0.717) is 22.8 Å². The zero-order chi connectivity index (χ0) is 18.5. The number of nitrogens with zero attached hydrogens (tertiary/aromatic N) is 3. The summed E-state index contributed by atoms with van der Waals surface area (Å²) in [4.78, 5) is 14.1. The topological polar surface area (TPSA) is 68.5 Å². The highest BCUT2D eigenvalue weighted by atomic mass is 32.2. The summed E-state index contributed by atoms with van der Waals surface area (Å²) in [6, 6.07) is 5.72. The Morgan fingerprint density at radius 3 is 2.73 bits per heavy atom. The summed E-state index contributed by atoms with van der Waals surface area (Å²) in [7, 11) is 0. The van der Waals surface area contributed by atoms with E-state index in [0.717, 1.165) is 25.9 Å². The van der Waals surface area contributed by atoms with Crippen molar-refractivity contribution in [1.29, 1.82) is 0 Å². The van der Waals surface area contributed by atoms with Crippen LogP contribution in [0.1, 0.15) is 38.7 Å². The quantitative estimate of drug-likeness (QED) is 0.713. The Morgan fingerprint density at radius 1 is 1.35 bits per heavy atom. The van der Waals surface area contributed by atoms with Gasteiger partial charge in [0.25, 0.3) is 11.1 Å². The highest BCUT2D eigenvalue weighted by Gasteiger charge is 2.22. The van der Waals surface area contributed by atoms with E-state index >= 15 is 0 Å². The maximum absolute atomic E-state index is 12.9. The van der Waals surface area contributed by atoms with Crippen LogP contribution in [0, 0.1) is 11.7 Å². The largest absolute Gasteiger partial charge is 0.481 e. The Bertz CT molecular complexity index is 730. The van der Waals surface area contributed by atoms with Crippen molar-refractivity contribution in [3.8, 4) is 5.75 Å². The smallest absolute Gasteiger partial charge is 0.277 e. The van der Waals surface area contributed by atoms with Crippen LogP contribution in [0.2, 0.25) is 0 Å². The van der Waals surface area contributed by atoms with Gasteiger partial charge in [0.2, 0.25) is 5.91 Å². The summed E-state index contributed by atoms with van der Waals surface area (Å²) >= 11 is 1.23. The molecule has 0 spiro atoms. The van der Waals surface area contributed by atoms with E-state index in [4.69, 9.17) is 9.15 Å². The summed E-state index contributed by atoms with van der Waals surface area (Å²) in [5.74, 6) is 1.57. The molecule has 1 fully saturated rings. The van der Waals surface area contributed by atoms with Crippen LogP contribution in [-0.4, -0.2) is 39.8 Å². The molecule has 1 amide bonds. The molecule has 0 unspecified atom stereocenters. The molecular weight excluding hydrogens is 357 g/mol. The molecule has 0 saturated carbocycles. The van der Waals surface area contributed by atoms with E-state index in [2.05, 4.69) is 17.1 Å². The first kappa shape index (κ1) is 18.7. The molecule has 1 saturated heterocycles. The summed E-state index contributed by atoms with van der Waals surface area (Å²) < 4.78 is 24.1. The van der Waals surface area contributed by atoms with Crippen molar-refractivity contribution in [3.63, 3.8) is 0 Å². The number of hydrogen-bond acceptors (Lipinski definition) is 6. The van der Waals surface area contributed by atoms with Gasteiger partial charge in [0.15, 0.2) is 6.10 Å². The fourth-order valence-corrected chi connectivity index (χ4v) is 3.36. The minimum atomic E-state index is -0.471. The van der Waals surface area contributed by atoms with Gasteiger partial charge in [-0.3, -0.25) is 4.79 Å². The second-order valence-corrected chi connectivity index (χ2v) is 7.40. The predicted molar refractivity (Wildman–Crippen MR) is 95.4 cm³/mol. The number of benzene rings is 1. The number of piperidine rings is 1. The molecule has 1 atom stereocenters. The van der Waals surface area contributed by atoms with Gasteiger partial charge in [0, 0.05) is 13.1 Å². The molecule has 0 radical (unpaired) electrons. The third kappa shape index (κ3) is 4.97. The molecule has 26 heavy (non-hydrogen) atoms. The Balaban J connectivity index is 1.49. The normalized spacial score (nSPS) is 16.5. The van der Waals surface area contributed by atoms with Crippen LogP contribution in [0.3, 0.4) is 0 Å². The van der Waals surface area contributed by atoms with Crippen LogP contribution in [0.4, 0.5) is 4.39 Å². The lowest BCUT2D eigenvalue weighted by atomic mass is 9.99. The maximum atomic E-state index is 12.9. The molecule has 1 aliphatic heterocycles. The molecule has 1 aromatic carbocycles. The van der Waals surface area contributed by atoms with Crippen molar-refractivity contribution in [1.82, 2.24) is 15.1 Å². The van der Waals surface area contributed by atoms with E-state index in [1.165, 1.54) is 36.0 Å². The lowest BCUT2D eigenvalue weighted by Gasteiger charge is -2.30. The molecule has 0 N–H and O–H groups in total. The first-order chi connectivity index (χ1) is 12.5. The first-order valence-electron chi connectivity index (χ1n) is 8.67. The highest BCUT2D eigenvalue weighted by Crippen LogP contribution is 2.25. The first-order valence-corrected chi connectivity index (χ1v) is 9.66. The lowest BCUT2D eigenvalue weighted by Crippen LogP contribution is -2.38. The molecule has 1 aromatic heterocycles. The van der Waals surface area contributed by atoms with Gasteiger partial charge in [-0.25, -0.2) is 4.39 Å². The molecule has 6 nitrogen and oxygen atoms in total. The third-order valence-electron chi connectivity index (χ3n) is 4.35. The third-order valence-corrected chi connectivity index (χ3v) is 5.16. The zero-order valence-electron chi connectivity index (χ0n) is 14.9. The number of hydrogen-bond donors (Lipinski definition) is 0. The Labute approximate surface area is 156 Å². The minimum Gasteiger partial charge on any atom is -0.481 e. The molecule has 2 aromatic rings. The minimum absolute atomic E-state index is 0.0947. The van der Waals surface area contributed by atoms with Crippen LogP contribution in [-0.2, 0) is 4.79 Å². The maximum Gasteiger partial charge on any atom is 0.277 e. The number of halogens is 1. The highest BCUT2D eigenvalue weighted by molar-refractivity contribution is 7.99. The van der Waals surface area contributed by atoms with E-state index in [1.54, 1.807) is 6.92 Å². The number of likely N-dealkylation sites (tertiary alicyclic amines) is 1. The number of carbonyl (C=O) groups excluding carboxylic acids is 1. The molecule has 0 aliphatic carbocycles. The standard InChI is InChI=1S/C18H22FN3O3S/c1-12-7-9-22(10-8-12)16(23)11-26-18-21-20-17(25-18)13(2)24-15-5-3-14(19)4-6-15/h3-6,12-13H,7-11H2,1-2H3/t13-/m0/s1. The van der Waals surface area contributed by atoms with Gasteiger partial charge in [0.1, 0.15) is 11.6 Å². The van der Waals surface area contributed by atoms with Crippen LogP contribution in [0.15, 0.2) is 33.9 Å². The molecule has 2 heterocycles. The van der Waals surface area contributed by atoms with Crippen molar-refractivity contribution in [2.45, 2.75) is 38.0 Å².